The summed E-state index contributed by atoms with van der Waals surface area (Å²) in [6.45, 7) is 0. The number of imidazole rings is 1. The van der Waals surface area contributed by atoms with Gasteiger partial charge in [0.1, 0.15) is 5.65 Å². The van der Waals surface area contributed by atoms with Gasteiger partial charge in [-0.2, -0.15) is 0 Å². The highest BCUT2D eigenvalue weighted by Gasteiger charge is 2.16. The van der Waals surface area contributed by atoms with Crippen molar-refractivity contribution in [3.8, 4) is 0 Å². The molecule has 0 fully saturated rings. The van der Waals surface area contributed by atoms with Gasteiger partial charge in [-0.05, 0) is 30.2 Å². The Morgan fingerprint density at radius 3 is 2.64 bits per heavy atom. The maximum atomic E-state index is 4.90. The van der Waals surface area contributed by atoms with Gasteiger partial charge in [0.2, 0.25) is 0 Å². The van der Waals surface area contributed by atoms with Crippen LogP contribution in [0.3, 0.4) is 0 Å². The summed E-state index contributed by atoms with van der Waals surface area (Å²) >= 11 is 0. The number of allylic oxidation sites excluding steroid dienone is 3. The van der Waals surface area contributed by atoms with Crippen LogP contribution in [0, 0.1) is 0 Å². The third kappa shape index (κ3) is 1.47. The van der Waals surface area contributed by atoms with Crippen molar-refractivity contribution in [2.45, 2.75) is 6.42 Å². The molecule has 5 rings (SSSR count). The number of hydrogen-bond donors (Lipinski definition) is 0. The lowest BCUT2D eigenvalue weighted by Crippen LogP contribution is -1.98. The Morgan fingerprint density at radius 1 is 0.864 bits per heavy atom. The molecule has 1 aliphatic rings. The zero-order chi connectivity index (χ0) is 14.5. The number of nitrogens with zero attached hydrogens (tertiary/aromatic N) is 2. The Hall–Kier alpha value is -2.87. The molecule has 0 aliphatic heterocycles. The summed E-state index contributed by atoms with van der Waals surface area (Å²) in [4.78, 5) is 4.90. The Morgan fingerprint density at radius 2 is 1.68 bits per heavy atom. The molecule has 2 aromatic heterocycles. The summed E-state index contributed by atoms with van der Waals surface area (Å²) in [5.74, 6) is 0. The van der Waals surface area contributed by atoms with Crippen LogP contribution in [0.2, 0.25) is 0 Å². The standard InChI is InChI=1S/C20H14N2/c1-2-8-14-15-9-4-6-12-18(15)22-19-13-7-5-11-17(19)21-20(22)16(14)10-3-1/h1-7,9-13H,8H2. The molecule has 2 nitrogen and oxygen atoms in total. The Balaban J connectivity index is 2.13. The van der Waals surface area contributed by atoms with Gasteiger partial charge in [0.25, 0.3) is 0 Å². The van der Waals surface area contributed by atoms with Crippen molar-refractivity contribution in [3.63, 3.8) is 0 Å². The first-order chi connectivity index (χ1) is 10.9. The monoisotopic (exact) mass is 282 g/mol. The fraction of sp³-hybridized carbons (Fsp3) is 0.0500. The number of para-hydroxylation sites is 3. The van der Waals surface area contributed by atoms with E-state index in [2.05, 4.69) is 71.2 Å². The van der Waals surface area contributed by atoms with Gasteiger partial charge in [-0.3, -0.25) is 4.40 Å². The lowest BCUT2D eigenvalue weighted by Gasteiger charge is -2.12. The minimum absolute atomic E-state index is 0.947. The van der Waals surface area contributed by atoms with E-state index in [0.29, 0.717) is 0 Å². The first kappa shape index (κ1) is 11.8. The summed E-state index contributed by atoms with van der Waals surface area (Å²) in [5, 5.41) is 1.31. The molecule has 2 heteroatoms. The second-order valence-electron chi connectivity index (χ2n) is 5.66. The minimum atomic E-state index is 0.947. The van der Waals surface area contributed by atoms with Gasteiger partial charge in [-0.15, -0.1) is 0 Å². The van der Waals surface area contributed by atoms with Crippen LogP contribution in [0.5, 0.6) is 0 Å². The van der Waals surface area contributed by atoms with Crippen molar-refractivity contribution in [3.05, 3.63) is 77.9 Å². The van der Waals surface area contributed by atoms with Crippen LogP contribution in [0.15, 0.2) is 66.8 Å². The van der Waals surface area contributed by atoms with Gasteiger partial charge in [-0.25, -0.2) is 4.98 Å². The molecule has 0 saturated heterocycles. The topological polar surface area (TPSA) is 17.3 Å². The van der Waals surface area contributed by atoms with Gasteiger partial charge in [0.15, 0.2) is 0 Å². The molecule has 0 saturated carbocycles. The van der Waals surface area contributed by atoms with Gasteiger partial charge >= 0.3 is 0 Å². The molecule has 0 N–H and O–H groups in total. The van der Waals surface area contributed by atoms with Crippen molar-refractivity contribution in [1.82, 2.24) is 9.38 Å². The minimum Gasteiger partial charge on any atom is -0.292 e. The molecular weight excluding hydrogens is 268 g/mol. The van der Waals surface area contributed by atoms with Crippen LogP contribution < -0.4 is 0 Å². The Bertz CT molecular complexity index is 1100. The Kier molecular flexibility index (Phi) is 2.30. The van der Waals surface area contributed by atoms with Crippen molar-refractivity contribution >= 4 is 33.7 Å². The molecule has 4 aromatic rings. The summed E-state index contributed by atoms with van der Waals surface area (Å²) < 4.78 is 2.29. The Labute approximate surface area is 128 Å². The lowest BCUT2D eigenvalue weighted by molar-refractivity contribution is 1.23. The van der Waals surface area contributed by atoms with E-state index in [9.17, 15) is 0 Å². The molecular formula is C20H14N2. The number of rotatable bonds is 0. The highest BCUT2D eigenvalue weighted by molar-refractivity contribution is 5.97. The predicted octanol–water partition coefficient (Wildman–Crippen LogP) is 4.77. The normalized spacial score (nSPS) is 13.8. The molecule has 0 amide bonds. The number of aromatic nitrogens is 2. The van der Waals surface area contributed by atoms with Crippen molar-refractivity contribution in [1.29, 1.82) is 0 Å². The van der Waals surface area contributed by atoms with Crippen molar-refractivity contribution in [2.75, 3.05) is 0 Å². The van der Waals surface area contributed by atoms with Crippen LogP contribution in [0.1, 0.15) is 11.1 Å². The number of fused-ring (bicyclic) bond motifs is 8. The molecule has 1 aliphatic carbocycles. The second-order valence-corrected chi connectivity index (χ2v) is 5.66. The van der Waals surface area contributed by atoms with E-state index >= 15 is 0 Å². The number of pyridine rings is 1. The summed E-state index contributed by atoms with van der Waals surface area (Å²) in [5.41, 5.74) is 7.10. The van der Waals surface area contributed by atoms with Crippen LogP contribution in [0.25, 0.3) is 33.7 Å². The third-order valence-electron chi connectivity index (χ3n) is 4.43. The second kappa shape index (κ2) is 4.31. The van der Waals surface area contributed by atoms with Crippen LogP contribution >= 0.6 is 0 Å². The quantitative estimate of drug-likeness (QED) is 0.454. The fourth-order valence-corrected chi connectivity index (χ4v) is 3.47. The smallest absolute Gasteiger partial charge is 0.146 e. The largest absolute Gasteiger partial charge is 0.292 e. The van der Waals surface area contributed by atoms with Crippen LogP contribution in [0.4, 0.5) is 0 Å². The average Bonchev–Trinajstić information content (AvgIpc) is 2.78. The highest BCUT2D eigenvalue weighted by atomic mass is 15.0. The van der Waals surface area contributed by atoms with E-state index in [1.54, 1.807) is 0 Å². The number of hydrogen-bond acceptors (Lipinski definition) is 1. The van der Waals surface area contributed by atoms with E-state index in [-0.39, 0.29) is 0 Å². The van der Waals surface area contributed by atoms with Gasteiger partial charge < -0.3 is 0 Å². The molecule has 0 atom stereocenters. The van der Waals surface area contributed by atoms with Crippen LogP contribution in [-0.2, 0) is 6.42 Å². The van der Waals surface area contributed by atoms with Gasteiger partial charge in [0, 0.05) is 10.9 Å². The third-order valence-corrected chi connectivity index (χ3v) is 4.43. The van der Waals surface area contributed by atoms with E-state index in [4.69, 9.17) is 4.98 Å². The predicted molar refractivity (Wildman–Crippen MR) is 92.1 cm³/mol. The maximum Gasteiger partial charge on any atom is 0.146 e. The molecule has 0 radical (unpaired) electrons. The first-order valence-corrected chi connectivity index (χ1v) is 7.57. The summed E-state index contributed by atoms with van der Waals surface area (Å²) in [6.07, 6.45) is 9.58. The molecule has 2 aromatic carbocycles. The van der Waals surface area contributed by atoms with Gasteiger partial charge in [0.05, 0.1) is 16.6 Å². The zero-order valence-electron chi connectivity index (χ0n) is 12.0. The van der Waals surface area contributed by atoms with E-state index in [1.807, 2.05) is 6.07 Å². The van der Waals surface area contributed by atoms with Crippen LogP contribution in [-0.4, -0.2) is 9.38 Å². The number of benzene rings is 2. The molecule has 104 valence electrons. The highest BCUT2D eigenvalue weighted by Crippen LogP contribution is 2.32. The van der Waals surface area contributed by atoms with Crippen molar-refractivity contribution < 1.29 is 0 Å². The zero-order valence-corrected chi connectivity index (χ0v) is 12.0. The summed E-state index contributed by atoms with van der Waals surface area (Å²) in [6, 6.07) is 17.0. The molecule has 0 bridgehead atoms. The van der Waals surface area contributed by atoms with E-state index in [0.717, 1.165) is 17.6 Å². The van der Waals surface area contributed by atoms with E-state index < -0.39 is 0 Å². The first-order valence-electron chi connectivity index (χ1n) is 7.57. The SMILES string of the molecule is C1=CCc2c(c3nc4ccccc4n3c3ccccc23)C=C1. The van der Waals surface area contributed by atoms with Crippen molar-refractivity contribution in [2.24, 2.45) is 0 Å². The lowest BCUT2D eigenvalue weighted by atomic mass is 10.0. The molecule has 2 heterocycles. The average molecular weight is 282 g/mol. The van der Waals surface area contributed by atoms with Gasteiger partial charge in [-0.1, -0.05) is 54.6 Å². The molecule has 0 spiro atoms. The molecule has 22 heavy (non-hydrogen) atoms. The maximum absolute atomic E-state index is 4.90. The molecule has 0 unspecified atom stereocenters. The fourth-order valence-electron chi connectivity index (χ4n) is 3.47. The van der Waals surface area contributed by atoms with E-state index in [1.165, 1.54) is 27.5 Å². The summed E-state index contributed by atoms with van der Waals surface area (Å²) in [7, 11) is 0.